The summed E-state index contributed by atoms with van der Waals surface area (Å²) in [6.07, 6.45) is 7.01. The highest BCUT2D eigenvalue weighted by Gasteiger charge is 2.13. The third-order valence-electron chi connectivity index (χ3n) is 5.13. The summed E-state index contributed by atoms with van der Waals surface area (Å²) < 4.78 is 16.9. The first-order valence-corrected chi connectivity index (χ1v) is 10.1. The summed E-state index contributed by atoms with van der Waals surface area (Å²) >= 11 is 0. The van der Waals surface area contributed by atoms with E-state index in [0.717, 1.165) is 28.2 Å². The van der Waals surface area contributed by atoms with Crippen molar-refractivity contribution >= 4 is 11.4 Å². The molecule has 0 bridgehead atoms. The number of rotatable bonds is 5. The Labute approximate surface area is 183 Å². The van der Waals surface area contributed by atoms with Gasteiger partial charge in [0.15, 0.2) is 5.69 Å². The number of nitrogens with one attached hydrogen (secondary N) is 1. The Morgan fingerprint density at radius 1 is 0.969 bits per heavy atom. The van der Waals surface area contributed by atoms with Gasteiger partial charge in [-0.2, -0.15) is 5.10 Å². The summed E-state index contributed by atoms with van der Waals surface area (Å²) in [5.74, 6) is 0.222. The second-order valence-corrected chi connectivity index (χ2v) is 7.39. The van der Waals surface area contributed by atoms with Crippen LogP contribution in [0.15, 0.2) is 79.4 Å². The molecule has 32 heavy (non-hydrogen) atoms. The van der Waals surface area contributed by atoms with Gasteiger partial charge in [-0.1, -0.05) is 18.2 Å². The van der Waals surface area contributed by atoms with Crippen LogP contribution >= 0.6 is 0 Å². The van der Waals surface area contributed by atoms with Crippen LogP contribution in [-0.2, 0) is 6.54 Å². The van der Waals surface area contributed by atoms with Gasteiger partial charge in [0, 0.05) is 24.1 Å². The van der Waals surface area contributed by atoms with Crippen molar-refractivity contribution in [2.24, 2.45) is 0 Å². The first-order valence-electron chi connectivity index (χ1n) is 10.1. The molecule has 4 aromatic heterocycles. The molecule has 0 aliphatic heterocycles. The Morgan fingerprint density at radius 3 is 2.53 bits per heavy atom. The van der Waals surface area contributed by atoms with Crippen molar-refractivity contribution in [3.8, 4) is 16.9 Å². The molecule has 0 unspecified atom stereocenters. The highest BCUT2D eigenvalue weighted by atomic mass is 19.1. The normalized spacial score (nSPS) is 11.1. The fourth-order valence-corrected chi connectivity index (χ4v) is 3.43. The summed E-state index contributed by atoms with van der Waals surface area (Å²) in [5.41, 5.74) is 4.63. The van der Waals surface area contributed by atoms with Crippen LogP contribution in [0.1, 0.15) is 21.9 Å². The topological polar surface area (TPSA) is 77.1 Å². The van der Waals surface area contributed by atoms with E-state index in [2.05, 4.69) is 20.4 Å². The molecule has 0 aliphatic rings. The molecular weight excluding hydrogens is 407 g/mol. The maximum atomic E-state index is 13.3. The Kier molecular flexibility index (Phi) is 4.95. The van der Waals surface area contributed by atoms with Gasteiger partial charge in [-0.05, 0) is 54.4 Å². The largest absolute Gasteiger partial charge is 0.345 e. The van der Waals surface area contributed by atoms with Gasteiger partial charge >= 0.3 is 0 Å². The van der Waals surface area contributed by atoms with Gasteiger partial charge in [-0.15, -0.1) is 0 Å². The molecule has 0 atom stereocenters. The number of hydrogen-bond acceptors (Lipinski definition) is 4. The van der Waals surface area contributed by atoms with E-state index in [1.54, 1.807) is 41.5 Å². The number of pyridine rings is 1. The lowest BCUT2D eigenvalue weighted by atomic mass is 10.1. The molecular formula is C24H19FN6O. The SMILES string of the molecule is Cc1cnc(CNC(=O)c2ccn(-c3ccc4ccc(-c5ccc(F)cc5)cn34)n2)cn1. The molecule has 7 nitrogen and oxygen atoms in total. The van der Waals surface area contributed by atoms with Crippen molar-refractivity contribution in [1.29, 1.82) is 0 Å². The molecule has 1 N–H and O–H groups in total. The first kappa shape index (κ1) is 19.6. The summed E-state index contributed by atoms with van der Waals surface area (Å²) in [6.45, 7) is 2.13. The van der Waals surface area contributed by atoms with Gasteiger partial charge in [0.25, 0.3) is 5.91 Å². The fraction of sp³-hybridized carbons (Fsp3) is 0.0833. The lowest BCUT2D eigenvalue weighted by Crippen LogP contribution is -2.24. The van der Waals surface area contributed by atoms with E-state index < -0.39 is 0 Å². The van der Waals surface area contributed by atoms with Crippen molar-refractivity contribution in [1.82, 2.24) is 29.5 Å². The Morgan fingerprint density at radius 2 is 1.75 bits per heavy atom. The smallest absolute Gasteiger partial charge is 0.272 e. The average molecular weight is 426 g/mol. The van der Waals surface area contributed by atoms with E-state index in [1.165, 1.54) is 12.1 Å². The molecule has 5 aromatic rings. The first-order chi connectivity index (χ1) is 15.6. The van der Waals surface area contributed by atoms with Crippen LogP contribution in [-0.4, -0.2) is 30.1 Å². The minimum absolute atomic E-state index is 0.270. The average Bonchev–Trinajstić information content (AvgIpc) is 3.46. The Hall–Kier alpha value is -4.33. The van der Waals surface area contributed by atoms with Crippen molar-refractivity contribution in [3.05, 3.63) is 102 Å². The highest BCUT2D eigenvalue weighted by Crippen LogP contribution is 2.23. The summed E-state index contributed by atoms with van der Waals surface area (Å²) in [7, 11) is 0. The second-order valence-electron chi connectivity index (χ2n) is 7.39. The van der Waals surface area contributed by atoms with Gasteiger partial charge in [0.1, 0.15) is 11.6 Å². The predicted octanol–water partition coefficient (Wildman–Crippen LogP) is 3.96. The van der Waals surface area contributed by atoms with Gasteiger partial charge in [-0.3, -0.25) is 14.8 Å². The number of fused-ring (bicyclic) bond motifs is 1. The monoisotopic (exact) mass is 426 g/mol. The number of benzene rings is 1. The number of halogens is 1. The lowest BCUT2D eigenvalue weighted by Gasteiger charge is -2.07. The molecule has 0 fully saturated rings. The van der Waals surface area contributed by atoms with E-state index in [-0.39, 0.29) is 18.3 Å². The molecule has 0 saturated heterocycles. The van der Waals surface area contributed by atoms with Gasteiger partial charge < -0.3 is 9.72 Å². The molecule has 8 heteroatoms. The molecule has 0 saturated carbocycles. The third kappa shape index (κ3) is 3.85. The number of carbonyl (C=O) groups is 1. The standard InChI is InChI=1S/C24H19FN6O/c1-16-12-27-20(13-26-16)14-28-24(32)22-10-11-31(29-22)23-9-8-21-7-4-18(15-30(21)23)17-2-5-19(25)6-3-17/h2-13,15H,14H2,1H3,(H,28,32). The molecule has 158 valence electrons. The molecule has 0 radical (unpaired) electrons. The van der Waals surface area contributed by atoms with Crippen LogP contribution in [0.5, 0.6) is 0 Å². The van der Waals surface area contributed by atoms with Crippen LogP contribution in [0, 0.1) is 12.7 Å². The number of aromatic nitrogens is 5. The zero-order valence-electron chi connectivity index (χ0n) is 17.2. The minimum atomic E-state index is -0.293. The fourth-order valence-electron chi connectivity index (χ4n) is 3.43. The Bertz CT molecular complexity index is 1400. The summed E-state index contributed by atoms with van der Waals surface area (Å²) in [5, 5.41) is 7.25. The predicted molar refractivity (Wildman–Crippen MR) is 118 cm³/mol. The Balaban J connectivity index is 1.38. The summed E-state index contributed by atoms with van der Waals surface area (Å²) in [4.78, 5) is 20.9. The molecule has 5 rings (SSSR count). The van der Waals surface area contributed by atoms with E-state index in [9.17, 15) is 9.18 Å². The molecule has 0 spiro atoms. The molecule has 1 amide bonds. The van der Waals surface area contributed by atoms with Gasteiger partial charge in [-0.25, -0.2) is 9.07 Å². The maximum Gasteiger partial charge on any atom is 0.272 e. The zero-order chi connectivity index (χ0) is 22.1. The maximum absolute atomic E-state index is 13.3. The van der Waals surface area contributed by atoms with Crippen LogP contribution < -0.4 is 5.32 Å². The number of amides is 1. The number of nitrogens with zero attached hydrogens (tertiary/aromatic N) is 5. The molecule has 4 heterocycles. The van der Waals surface area contributed by atoms with Crippen LogP contribution in [0.3, 0.4) is 0 Å². The second kappa shape index (κ2) is 8.07. The van der Waals surface area contributed by atoms with Crippen molar-refractivity contribution < 1.29 is 9.18 Å². The van der Waals surface area contributed by atoms with Crippen LogP contribution in [0.25, 0.3) is 22.5 Å². The van der Waals surface area contributed by atoms with Crippen molar-refractivity contribution in [3.63, 3.8) is 0 Å². The van der Waals surface area contributed by atoms with E-state index in [4.69, 9.17) is 0 Å². The third-order valence-corrected chi connectivity index (χ3v) is 5.13. The molecule has 1 aromatic carbocycles. The van der Waals surface area contributed by atoms with Gasteiger partial charge in [0.2, 0.25) is 0 Å². The quantitative estimate of drug-likeness (QED) is 0.462. The van der Waals surface area contributed by atoms with Crippen molar-refractivity contribution in [2.45, 2.75) is 13.5 Å². The minimum Gasteiger partial charge on any atom is -0.345 e. The number of aryl methyl sites for hydroxylation is 1. The van der Waals surface area contributed by atoms with Gasteiger partial charge in [0.05, 0.1) is 24.1 Å². The highest BCUT2D eigenvalue weighted by molar-refractivity contribution is 5.92. The zero-order valence-corrected chi connectivity index (χ0v) is 17.2. The van der Waals surface area contributed by atoms with E-state index in [1.807, 2.05) is 41.8 Å². The van der Waals surface area contributed by atoms with E-state index >= 15 is 0 Å². The number of hydrogen-bond donors (Lipinski definition) is 1. The van der Waals surface area contributed by atoms with Crippen LogP contribution in [0.4, 0.5) is 4.39 Å². The molecule has 0 aliphatic carbocycles. The lowest BCUT2D eigenvalue weighted by molar-refractivity contribution is 0.0945. The van der Waals surface area contributed by atoms with Crippen molar-refractivity contribution in [2.75, 3.05) is 0 Å². The summed E-state index contributed by atoms with van der Waals surface area (Å²) in [6, 6.07) is 15.9. The van der Waals surface area contributed by atoms with Crippen LogP contribution in [0.2, 0.25) is 0 Å². The van der Waals surface area contributed by atoms with E-state index in [0.29, 0.717) is 11.4 Å². The number of carbonyl (C=O) groups excluding carboxylic acids is 1.